The Bertz CT molecular complexity index is 779. The van der Waals surface area contributed by atoms with Gasteiger partial charge in [-0.2, -0.15) is 0 Å². The number of hydrogen-bond acceptors (Lipinski definition) is 6. The van der Waals surface area contributed by atoms with E-state index in [1.165, 1.54) is 5.56 Å². The Morgan fingerprint density at radius 3 is 2.45 bits per heavy atom. The van der Waals surface area contributed by atoms with E-state index in [1.807, 2.05) is 32.0 Å². The van der Waals surface area contributed by atoms with E-state index in [2.05, 4.69) is 16.7 Å². The second-order valence-corrected chi connectivity index (χ2v) is 9.15. The molecule has 1 heterocycles. The lowest BCUT2D eigenvalue weighted by Gasteiger charge is -2.31. The van der Waals surface area contributed by atoms with Crippen LogP contribution in [-0.2, 0) is 27.2 Å². The van der Waals surface area contributed by atoms with E-state index in [9.17, 15) is 24.9 Å². The lowest BCUT2D eigenvalue weighted by Crippen LogP contribution is -2.58. The van der Waals surface area contributed by atoms with E-state index in [0.29, 0.717) is 19.3 Å². The van der Waals surface area contributed by atoms with Crippen molar-refractivity contribution in [3.05, 3.63) is 35.4 Å². The van der Waals surface area contributed by atoms with Gasteiger partial charge in [0.1, 0.15) is 17.7 Å². The van der Waals surface area contributed by atoms with Crippen LogP contribution in [0, 0.1) is 11.8 Å². The normalized spacial score (nSPS) is 25.3. The van der Waals surface area contributed by atoms with Gasteiger partial charge in [-0.05, 0) is 42.7 Å². The van der Waals surface area contributed by atoms with Gasteiger partial charge in [-0.15, -0.1) is 0 Å². The number of nitrogens with one attached hydrogen (secondary N) is 2. The molecule has 8 nitrogen and oxygen atoms in total. The first kappa shape index (κ1) is 23.7. The Kier molecular flexibility index (Phi) is 7.69. The monoisotopic (exact) mass is 434 g/mol. The number of aliphatic hydroxyl groups is 3. The third-order valence-electron chi connectivity index (χ3n) is 6.29. The maximum atomic E-state index is 12.8. The zero-order valence-electron chi connectivity index (χ0n) is 18.2. The van der Waals surface area contributed by atoms with Crippen molar-refractivity contribution in [3.8, 4) is 0 Å². The van der Waals surface area contributed by atoms with Crippen molar-refractivity contribution in [1.29, 1.82) is 0 Å². The summed E-state index contributed by atoms with van der Waals surface area (Å²) in [4.78, 5) is 25.6. The average molecular weight is 435 g/mol. The first-order valence-corrected chi connectivity index (χ1v) is 11.0. The van der Waals surface area contributed by atoms with E-state index >= 15 is 0 Å². The lowest BCUT2D eigenvalue weighted by molar-refractivity contribution is -0.133. The number of epoxide rings is 1. The molecule has 1 aromatic rings. The predicted octanol–water partition coefficient (Wildman–Crippen LogP) is -0.0783. The molecule has 2 amide bonds. The molecule has 1 saturated heterocycles. The van der Waals surface area contributed by atoms with Crippen molar-refractivity contribution < 1.29 is 29.6 Å². The van der Waals surface area contributed by atoms with Crippen molar-refractivity contribution in [3.63, 3.8) is 0 Å². The molecule has 1 aromatic carbocycles. The second-order valence-electron chi connectivity index (χ2n) is 9.15. The van der Waals surface area contributed by atoms with E-state index in [1.54, 1.807) is 0 Å². The number of benzene rings is 1. The number of ether oxygens (including phenoxy) is 1. The first-order valence-electron chi connectivity index (χ1n) is 11.0. The molecule has 8 heteroatoms. The molecule has 0 bridgehead atoms. The Hall–Kier alpha value is -2.00. The largest absolute Gasteiger partial charge is 0.394 e. The molecular formula is C23H34N2O6. The zero-order valence-corrected chi connectivity index (χ0v) is 18.2. The summed E-state index contributed by atoms with van der Waals surface area (Å²) in [5, 5.41) is 35.4. The van der Waals surface area contributed by atoms with Crippen LogP contribution < -0.4 is 10.6 Å². The molecule has 2 aliphatic rings. The number of carbonyl (C=O) groups is 2. The number of fused-ring (bicyclic) bond motifs is 1. The maximum Gasteiger partial charge on any atom is 0.245 e. The summed E-state index contributed by atoms with van der Waals surface area (Å²) in [6, 6.07) is 6.23. The summed E-state index contributed by atoms with van der Waals surface area (Å²) in [5.74, 6) is -0.919. The number of carbonyl (C=O) groups excluding carboxylic acids is 2. The summed E-state index contributed by atoms with van der Waals surface area (Å²) < 4.78 is 5.24. The minimum Gasteiger partial charge on any atom is -0.394 e. The predicted molar refractivity (Wildman–Crippen MR) is 114 cm³/mol. The number of amides is 2. The summed E-state index contributed by atoms with van der Waals surface area (Å²) in [5.41, 5.74) is 1.33. The van der Waals surface area contributed by atoms with Crippen molar-refractivity contribution in [2.75, 3.05) is 19.8 Å². The van der Waals surface area contributed by atoms with Crippen LogP contribution in [0.4, 0.5) is 0 Å². The molecule has 0 aromatic heterocycles. The molecule has 0 radical (unpaired) electrons. The van der Waals surface area contributed by atoms with Crippen LogP contribution in [0.2, 0.25) is 0 Å². The Morgan fingerprint density at radius 1 is 1.19 bits per heavy atom. The van der Waals surface area contributed by atoms with Crippen molar-refractivity contribution in [2.24, 2.45) is 11.8 Å². The average Bonchev–Trinajstić information content (AvgIpc) is 3.56. The number of aliphatic hydroxyl groups excluding tert-OH is 3. The van der Waals surface area contributed by atoms with Crippen LogP contribution in [0.1, 0.15) is 37.8 Å². The molecule has 5 N–H and O–H groups in total. The van der Waals surface area contributed by atoms with Gasteiger partial charge in [0.25, 0.3) is 0 Å². The molecule has 1 aliphatic heterocycles. The molecule has 0 spiro atoms. The van der Waals surface area contributed by atoms with Gasteiger partial charge in [0.2, 0.25) is 11.8 Å². The molecule has 5 atom stereocenters. The maximum absolute atomic E-state index is 12.8. The fraction of sp³-hybridized carbons (Fsp3) is 0.652. The number of hydrogen-bond donors (Lipinski definition) is 5. The molecular weight excluding hydrogens is 400 g/mol. The van der Waals surface area contributed by atoms with Gasteiger partial charge in [-0.1, -0.05) is 38.1 Å². The smallest absolute Gasteiger partial charge is 0.245 e. The van der Waals surface area contributed by atoms with Gasteiger partial charge in [0.05, 0.1) is 25.9 Å². The molecule has 3 rings (SSSR count). The van der Waals surface area contributed by atoms with Crippen molar-refractivity contribution in [1.82, 2.24) is 10.6 Å². The highest BCUT2D eigenvalue weighted by molar-refractivity contribution is 5.89. The third kappa shape index (κ3) is 5.63. The lowest BCUT2D eigenvalue weighted by atomic mass is 9.83. The molecule has 1 fully saturated rings. The number of aryl methyl sites for hydroxylation is 1. The van der Waals surface area contributed by atoms with Crippen LogP contribution in [0.3, 0.4) is 0 Å². The fourth-order valence-electron chi connectivity index (χ4n) is 4.28. The van der Waals surface area contributed by atoms with Gasteiger partial charge < -0.3 is 30.7 Å². The molecule has 0 saturated carbocycles. The summed E-state index contributed by atoms with van der Waals surface area (Å²) in [6.45, 7) is 3.24. The zero-order chi connectivity index (χ0) is 22.6. The fourth-order valence-corrected chi connectivity index (χ4v) is 4.28. The Balaban J connectivity index is 1.61. The van der Waals surface area contributed by atoms with E-state index in [-0.39, 0.29) is 31.0 Å². The molecule has 172 valence electrons. The molecule has 1 aliphatic carbocycles. The third-order valence-corrected chi connectivity index (χ3v) is 6.29. The van der Waals surface area contributed by atoms with Crippen LogP contribution in [0.25, 0.3) is 0 Å². The van der Waals surface area contributed by atoms with E-state index < -0.39 is 36.3 Å². The van der Waals surface area contributed by atoms with Crippen LogP contribution in [0.5, 0.6) is 0 Å². The van der Waals surface area contributed by atoms with E-state index in [0.717, 1.165) is 12.0 Å². The minimum absolute atomic E-state index is 0.166. The highest BCUT2D eigenvalue weighted by Gasteiger charge is 2.54. The van der Waals surface area contributed by atoms with Gasteiger partial charge >= 0.3 is 0 Å². The summed E-state index contributed by atoms with van der Waals surface area (Å²) in [6.07, 6.45) is 1.47. The topological polar surface area (TPSA) is 131 Å². The molecule has 2 unspecified atom stereocenters. The summed E-state index contributed by atoms with van der Waals surface area (Å²) in [7, 11) is 0. The Morgan fingerprint density at radius 2 is 1.87 bits per heavy atom. The van der Waals surface area contributed by atoms with Crippen molar-refractivity contribution >= 4 is 11.8 Å². The van der Waals surface area contributed by atoms with E-state index in [4.69, 9.17) is 4.74 Å². The highest BCUT2D eigenvalue weighted by Crippen LogP contribution is 2.33. The quantitative estimate of drug-likeness (QED) is 0.328. The van der Waals surface area contributed by atoms with Crippen LogP contribution in [0.15, 0.2) is 24.3 Å². The van der Waals surface area contributed by atoms with Crippen LogP contribution in [-0.4, -0.2) is 70.7 Å². The van der Waals surface area contributed by atoms with Gasteiger partial charge in [0.15, 0.2) is 0 Å². The number of rotatable bonds is 10. The standard InChI is InChI=1S/C23H34N2O6/c1-14(2)9-18(20(28)23(12-27)13-31-23)24-22(30)19(11-26)25-21(29)17-8-7-15-5-3-4-6-16(15)10-17/h3-6,14,17-20,26-28H,7-13H2,1-2H3,(H,24,30)(H,25,29)/t17?,18-,19-,20?,23+/m0/s1. The van der Waals surface area contributed by atoms with Gasteiger partial charge in [-0.25, -0.2) is 0 Å². The second kappa shape index (κ2) is 10.1. The molecule has 31 heavy (non-hydrogen) atoms. The first-order chi connectivity index (χ1) is 14.8. The minimum atomic E-state index is -1.11. The van der Waals surface area contributed by atoms with Gasteiger partial charge in [-0.3, -0.25) is 9.59 Å². The van der Waals surface area contributed by atoms with Crippen LogP contribution >= 0.6 is 0 Å². The van der Waals surface area contributed by atoms with Gasteiger partial charge in [0, 0.05) is 5.92 Å². The Labute approximate surface area is 183 Å². The SMILES string of the molecule is CC(C)C[C@H](NC(=O)[C@H](CO)NC(=O)C1CCc2ccccc2C1)C(O)[C@@]1(CO)CO1. The highest BCUT2D eigenvalue weighted by atomic mass is 16.6. The summed E-state index contributed by atoms with van der Waals surface area (Å²) >= 11 is 0. The van der Waals surface area contributed by atoms with Crippen molar-refractivity contribution in [2.45, 2.75) is 63.3 Å².